The van der Waals surface area contributed by atoms with Crippen molar-refractivity contribution in [2.75, 3.05) is 11.9 Å². The summed E-state index contributed by atoms with van der Waals surface area (Å²) in [4.78, 5) is 23.0. The van der Waals surface area contributed by atoms with Crippen LogP contribution in [-0.4, -0.2) is 23.6 Å². The Hall–Kier alpha value is -2.85. The van der Waals surface area contributed by atoms with Crippen LogP contribution in [0.5, 0.6) is 5.75 Å². The van der Waals surface area contributed by atoms with E-state index in [0.29, 0.717) is 15.8 Å². The molecule has 2 N–H and O–H groups in total. The lowest BCUT2D eigenvalue weighted by atomic mass is 10.2. The molecule has 0 aliphatic carbocycles. The molecule has 23 heavy (non-hydrogen) atoms. The number of halogens is 1. The number of hydrogen-bond acceptors (Lipinski definition) is 4. The third kappa shape index (κ3) is 4.56. The van der Waals surface area contributed by atoms with Gasteiger partial charge in [0.25, 0.3) is 5.91 Å². The minimum Gasteiger partial charge on any atom is -0.484 e. The zero-order valence-corrected chi connectivity index (χ0v) is 13.3. The van der Waals surface area contributed by atoms with Crippen LogP contribution in [0.3, 0.4) is 0 Å². The molecule has 0 fully saturated rings. The molecule has 116 valence electrons. The van der Waals surface area contributed by atoms with Gasteiger partial charge >= 0.3 is 5.97 Å². The quantitative estimate of drug-likeness (QED) is 0.837. The van der Waals surface area contributed by atoms with Crippen molar-refractivity contribution in [2.45, 2.75) is 0 Å². The fourth-order valence-electron chi connectivity index (χ4n) is 1.76. The number of nitrogens with zero attached hydrogens (tertiary/aromatic N) is 1. The Labute approximate surface area is 140 Å². The summed E-state index contributed by atoms with van der Waals surface area (Å²) < 4.78 is 5.88. The van der Waals surface area contributed by atoms with Gasteiger partial charge in [-0.2, -0.15) is 5.26 Å². The summed E-state index contributed by atoms with van der Waals surface area (Å²) in [7, 11) is 0. The summed E-state index contributed by atoms with van der Waals surface area (Å²) in [6, 6.07) is 12.8. The highest BCUT2D eigenvalue weighted by atomic mass is 79.9. The number of amides is 1. The highest BCUT2D eigenvalue weighted by Gasteiger charge is 2.13. The first-order chi connectivity index (χ1) is 11.0. The summed E-state index contributed by atoms with van der Waals surface area (Å²) >= 11 is 3.18. The van der Waals surface area contributed by atoms with Crippen LogP contribution in [0, 0.1) is 11.3 Å². The van der Waals surface area contributed by atoms with Crippen molar-refractivity contribution in [1.82, 2.24) is 0 Å². The lowest BCUT2D eigenvalue weighted by molar-refractivity contribution is -0.118. The van der Waals surface area contributed by atoms with Gasteiger partial charge in [0.05, 0.1) is 22.9 Å². The number of aromatic carboxylic acids is 1. The molecular formula is C16H11BrN2O4. The van der Waals surface area contributed by atoms with Crippen LogP contribution in [0.4, 0.5) is 5.69 Å². The molecule has 0 radical (unpaired) electrons. The average molecular weight is 375 g/mol. The zero-order valence-electron chi connectivity index (χ0n) is 11.7. The fourth-order valence-corrected chi connectivity index (χ4v) is 2.12. The Bertz CT molecular complexity index is 782. The maximum Gasteiger partial charge on any atom is 0.337 e. The Balaban J connectivity index is 1.99. The van der Waals surface area contributed by atoms with Gasteiger partial charge in [-0.15, -0.1) is 0 Å². The molecule has 0 spiro atoms. The number of carboxylic acids is 1. The van der Waals surface area contributed by atoms with Gasteiger partial charge in [-0.1, -0.05) is 15.9 Å². The number of anilines is 1. The third-order valence-electron chi connectivity index (χ3n) is 2.84. The Morgan fingerprint density at radius 2 is 1.91 bits per heavy atom. The first-order valence-electron chi connectivity index (χ1n) is 6.45. The van der Waals surface area contributed by atoms with E-state index in [-0.39, 0.29) is 17.9 Å². The van der Waals surface area contributed by atoms with E-state index >= 15 is 0 Å². The van der Waals surface area contributed by atoms with Crippen molar-refractivity contribution in [1.29, 1.82) is 5.26 Å². The molecule has 2 aromatic rings. The van der Waals surface area contributed by atoms with E-state index in [1.54, 1.807) is 30.3 Å². The van der Waals surface area contributed by atoms with Gasteiger partial charge < -0.3 is 15.2 Å². The summed E-state index contributed by atoms with van der Waals surface area (Å²) in [5, 5.41) is 20.3. The van der Waals surface area contributed by atoms with Gasteiger partial charge in [-0.25, -0.2) is 4.79 Å². The molecule has 0 aliphatic rings. The monoisotopic (exact) mass is 374 g/mol. The topological polar surface area (TPSA) is 99.4 Å². The van der Waals surface area contributed by atoms with Crippen LogP contribution < -0.4 is 10.1 Å². The van der Waals surface area contributed by atoms with E-state index in [9.17, 15) is 9.59 Å². The number of benzene rings is 2. The highest BCUT2D eigenvalue weighted by Crippen LogP contribution is 2.21. The predicted molar refractivity (Wildman–Crippen MR) is 86.4 cm³/mol. The highest BCUT2D eigenvalue weighted by molar-refractivity contribution is 9.10. The SMILES string of the molecule is N#Cc1ccc(OCC(=O)Nc2ccc(Br)cc2C(=O)O)cc1. The minimum atomic E-state index is -1.14. The lowest BCUT2D eigenvalue weighted by Crippen LogP contribution is -2.21. The fraction of sp³-hybridized carbons (Fsp3) is 0.0625. The lowest BCUT2D eigenvalue weighted by Gasteiger charge is -2.10. The smallest absolute Gasteiger partial charge is 0.337 e. The number of nitrogens with one attached hydrogen (secondary N) is 1. The van der Waals surface area contributed by atoms with E-state index in [2.05, 4.69) is 21.2 Å². The molecule has 6 nitrogen and oxygen atoms in total. The molecule has 2 rings (SSSR count). The molecule has 0 aromatic heterocycles. The van der Waals surface area contributed by atoms with Crippen molar-refractivity contribution < 1.29 is 19.4 Å². The van der Waals surface area contributed by atoms with Gasteiger partial charge in [-0.05, 0) is 42.5 Å². The van der Waals surface area contributed by atoms with E-state index in [1.807, 2.05) is 6.07 Å². The number of rotatable bonds is 5. The van der Waals surface area contributed by atoms with Crippen molar-refractivity contribution in [3.8, 4) is 11.8 Å². The second kappa shape index (κ2) is 7.42. The molecule has 0 heterocycles. The largest absolute Gasteiger partial charge is 0.484 e. The Morgan fingerprint density at radius 1 is 1.22 bits per heavy atom. The first kappa shape index (κ1) is 16.5. The van der Waals surface area contributed by atoms with Crippen LogP contribution in [0.25, 0.3) is 0 Å². The number of hydrogen-bond donors (Lipinski definition) is 2. The molecule has 0 aliphatic heterocycles. The second-order valence-electron chi connectivity index (χ2n) is 4.47. The van der Waals surface area contributed by atoms with E-state index in [0.717, 1.165) is 0 Å². The van der Waals surface area contributed by atoms with Crippen LogP contribution in [0.1, 0.15) is 15.9 Å². The summed E-state index contributed by atoms with van der Waals surface area (Å²) in [6.07, 6.45) is 0. The van der Waals surface area contributed by atoms with Gasteiger partial charge in [0.2, 0.25) is 0 Å². The van der Waals surface area contributed by atoms with E-state index in [1.165, 1.54) is 12.1 Å². The molecule has 2 aromatic carbocycles. The van der Waals surface area contributed by atoms with Crippen LogP contribution in [0.2, 0.25) is 0 Å². The molecule has 0 saturated carbocycles. The van der Waals surface area contributed by atoms with Gasteiger partial charge in [-0.3, -0.25) is 4.79 Å². The maximum absolute atomic E-state index is 11.9. The summed E-state index contributed by atoms with van der Waals surface area (Å²) in [5.74, 6) is -1.19. The Kier molecular flexibility index (Phi) is 5.33. The molecule has 7 heteroatoms. The first-order valence-corrected chi connectivity index (χ1v) is 7.24. The zero-order chi connectivity index (χ0) is 16.8. The van der Waals surface area contributed by atoms with Gasteiger partial charge in [0.15, 0.2) is 6.61 Å². The van der Waals surface area contributed by atoms with E-state index < -0.39 is 11.9 Å². The summed E-state index contributed by atoms with van der Waals surface area (Å²) in [5.41, 5.74) is 0.656. The van der Waals surface area contributed by atoms with E-state index in [4.69, 9.17) is 15.1 Å². The molecule has 0 unspecified atom stereocenters. The maximum atomic E-state index is 11.9. The number of carbonyl (C=O) groups is 2. The normalized spacial score (nSPS) is 9.74. The van der Waals surface area contributed by atoms with Crippen molar-refractivity contribution in [3.05, 3.63) is 58.1 Å². The molecular weight excluding hydrogens is 364 g/mol. The van der Waals surface area contributed by atoms with Gasteiger partial charge in [0.1, 0.15) is 5.75 Å². The number of carboxylic acid groups (broad SMARTS) is 1. The minimum absolute atomic E-state index is 0.0221. The van der Waals surface area contributed by atoms with Crippen LogP contribution in [0.15, 0.2) is 46.9 Å². The van der Waals surface area contributed by atoms with Crippen LogP contribution >= 0.6 is 15.9 Å². The summed E-state index contributed by atoms with van der Waals surface area (Å²) in [6.45, 7) is -0.277. The number of carbonyl (C=O) groups excluding carboxylic acids is 1. The molecule has 0 bridgehead atoms. The second-order valence-corrected chi connectivity index (χ2v) is 5.38. The van der Waals surface area contributed by atoms with Gasteiger partial charge in [0, 0.05) is 4.47 Å². The molecule has 0 saturated heterocycles. The molecule has 1 amide bonds. The Morgan fingerprint density at radius 3 is 2.52 bits per heavy atom. The number of ether oxygens (including phenoxy) is 1. The van der Waals surface area contributed by atoms with Crippen molar-refractivity contribution in [2.24, 2.45) is 0 Å². The van der Waals surface area contributed by atoms with Crippen LogP contribution in [-0.2, 0) is 4.79 Å². The standard InChI is InChI=1S/C16H11BrN2O4/c17-11-3-6-14(13(7-11)16(21)22)19-15(20)9-23-12-4-1-10(8-18)2-5-12/h1-7H,9H2,(H,19,20)(H,21,22). The average Bonchev–Trinajstić information content (AvgIpc) is 2.55. The van der Waals surface area contributed by atoms with Crippen molar-refractivity contribution >= 4 is 33.5 Å². The van der Waals surface area contributed by atoms with Crippen molar-refractivity contribution in [3.63, 3.8) is 0 Å². The third-order valence-corrected chi connectivity index (χ3v) is 3.33. The predicted octanol–water partition coefficient (Wildman–Crippen LogP) is 3.04. The molecule has 0 atom stereocenters. The number of nitriles is 1.